The second-order valence-electron chi connectivity index (χ2n) is 4.19. The van der Waals surface area contributed by atoms with Crippen molar-refractivity contribution in [2.45, 2.75) is 32.6 Å². The summed E-state index contributed by atoms with van der Waals surface area (Å²) in [5.41, 5.74) is 0. The summed E-state index contributed by atoms with van der Waals surface area (Å²) in [5, 5.41) is 12.6. The van der Waals surface area contributed by atoms with E-state index in [-0.39, 0.29) is 11.5 Å². The minimum absolute atomic E-state index is 0.273. The number of hydrogen-bond donors (Lipinski definition) is 1. The van der Waals surface area contributed by atoms with Gasteiger partial charge in [-0.2, -0.15) is 5.10 Å². The van der Waals surface area contributed by atoms with Crippen molar-refractivity contribution in [3.63, 3.8) is 0 Å². The van der Waals surface area contributed by atoms with Crippen molar-refractivity contribution in [1.82, 2.24) is 14.8 Å². The van der Waals surface area contributed by atoms with E-state index in [1.54, 1.807) is 0 Å². The molecule has 8 heteroatoms. The molecule has 1 aromatic rings. The van der Waals surface area contributed by atoms with Crippen LogP contribution in [0, 0.1) is 5.92 Å². The molecule has 0 bridgehead atoms. The molecule has 1 atom stereocenters. The normalized spacial score (nSPS) is 13.4. The SMILES string of the molecule is CCCn1ncnc1CS(=O)(=O)CC(C)C(=O)O. The van der Waals surface area contributed by atoms with Gasteiger partial charge in [0.05, 0.1) is 11.7 Å². The summed E-state index contributed by atoms with van der Waals surface area (Å²) in [6.07, 6.45) is 2.13. The van der Waals surface area contributed by atoms with E-state index in [0.717, 1.165) is 6.42 Å². The Morgan fingerprint density at radius 2 is 2.22 bits per heavy atom. The second kappa shape index (κ2) is 5.94. The van der Waals surface area contributed by atoms with Crippen molar-refractivity contribution in [3.05, 3.63) is 12.2 Å². The largest absolute Gasteiger partial charge is 0.481 e. The first kappa shape index (κ1) is 14.6. The molecular formula is C10H17N3O4S. The fourth-order valence-electron chi connectivity index (χ4n) is 1.51. The lowest BCUT2D eigenvalue weighted by Gasteiger charge is -2.08. The second-order valence-corrected chi connectivity index (χ2v) is 6.30. The first-order valence-corrected chi connectivity index (χ1v) is 7.47. The lowest BCUT2D eigenvalue weighted by atomic mass is 10.2. The Hall–Kier alpha value is -1.44. The van der Waals surface area contributed by atoms with Gasteiger partial charge in [0.1, 0.15) is 17.9 Å². The number of sulfone groups is 1. The van der Waals surface area contributed by atoms with Crippen LogP contribution in [0.1, 0.15) is 26.1 Å². The number of aryl methyl sites for hydroxylation is 1. The molecule has 0 amide bonds. The van der Waals surface area contributed by atoms with Crippen molar-refractivity contribution in [2.75, 3.05) is 5.75 Å². The number of rotatable bonds is 7. The molecular weight excluding hydrogens is 258 g/mol. The van der Waals surface area contributed by atoms with Crippen molar-refractivity contribution in [3.8, 4) is 0 Å². The summed E-state index contributed by atoms with van der Waals surface area (Å²) >= 11 is 0. The van der Waals surface area contributed by atoms with Gasteiger partial charge in [0, 0.05) is 6.54 Å². The maximum Gasteiger partial charge on any atom is 0.307 e. The van der Waals surface area contributed by atoms with Crippen LogP contribution in [0.5, 0.6) is 0 Å². The van der Waals surface area contributed by atoms with Gasteiger partial charge < -0.3 is 5.11 Å². The van der Waals surface area contributed by atoms with Gasteiger partial charge >= 0.3 is 5.97 Å². The third-order valence-electron chi connectivity index (χ3n) is 2.41. The van der Waals surface area contributed by atoms with Crippen molar-refractivity contribution in [2.24, 2.45) is 5.92 Å². The van der Waals surface area contributed by atoms with Crippen molar-refractivity contribution >= 4 is 15.8 Å². The first-order valence-electron chi connectivity index (χ1n) is 5.65. The van der Waals surface area contributed by atoms with Gasteiger partial charge in [-0.25, -0.2) is 18.1 Å². The van der Waals surface area contributed by atoms with Crippen LogP contribution < -0.4 is 0 Å². The number of carboxylic acids is 1. The molecule has 0 saturated carbocycles. The highest BCUT2D eigenvalue weighted by Gasteiger charge is 2.23. The summed E-state index contributed by atoms with van der Waals surface area (Å²) in [6, 6.07) is 0. The lowest BCUT2D eigenvalue weighted by Crippen LogP contribution is -2.23. The molecule has 1 rings (SSSR count). The minimum Gasteiger partial charge on any atom is -0.481 e. The average molecular weight is 275 g/mol. The summed E-state index contributed by atoms with van der Waals surface area (Å²) < 4.78 is 25.2. The van der Waals surface area contributed by atoms with E-state index in [2.05, 4.69) is 10.1 Å². The predicted molar refractivity (Wildman–Crippen MR) is 64.6 cm³/mol. The van der Waals surface area contributed by atoms with E-state index in [9.17, 15) is 13.2 Å². The summed E-state index contributed by atoms with van der Waals surface area (Å²) in [6.45, 7) is 3.92. The Morgan fingerprint density at radius 3 is 2.78 bits per heavy atom. The van der Waals surface area contributed by atoms with Crippen molar-refractivity contribution < 1.29 is 18.3 Å². The van der Waals surface area contributed by atoms with E-state index in [4.69, 9.17) is 5.11 Å². The van der Waals surface area contributed by atoms with Crippen LogP contribution in [0.4, 0.5) is 0 Å². The van der Waals surface area contributed by atoms with Crippen LogP contribution in [0.15, 0.2) is 6.33 Å². The van der Waals surface area contributed by atoms with E-state index in [1.165, 1.54) is 17.9 Å². The number of hydrogen-bond acceptors (Lipinski definition) is 5. The maximum absolute atomic E-state index is 11.8. The fourth-order valence-corrected chi connectivity index (χ4v) is 3.15. The molecule has 7 nitrogen and oxygen atoms in total. The third-order valence-corrected chi connectivity index (χ3v) is 4.11. The van der Waals surface area contributed by atoms with E-state index in [1.807, 2.05) is 6.92 Å². The Bertz CT molecular complexity index is 509. The zero-order chi connectivity index (χ0) is 13.8. The Labute approximate surface area is 106 Å². The molecule has 1 N–H and O–H groups in total. The van der Waals surface area contributed by atoms with Gasteiger partial charge in [0.25, 0.3) is 0 Å². The molecule has 0 saturated heterocycles. The lowest BCUT2D eigenvalue weighted by molar-refractivity contribution is -0.140. The molecule has 0 aromatic carbocycles. The molecule has 0 aliphatic carbocycles. The first-order chi connectivity index (χ1) is 8.35. The van der Waals surface area contributed by atoms with Gasteiger partial charge in [-0.15, -0.1) is 0 Å². The van der Waals surface area contributed by atoms with Gasteiger partial charge in [0.15, 0.2) is 9.84 Å². The maximum atomic E-state index is 11.8. The monoisotopic (exact) mass is 275 g/mol. The molecule has 1 unspecified atom stereocenters. The Kier molecular flexibility index (Phi) is 4.83. The number of carbonyl (C=O) groups is 1. The van der Waals surface area contributed by atoms with Gasteiger partial charge in [-0.3, -0.25) is 4.79 Å². The third kappa shape index (κ3) is 4.10. The van der Waals surface area contributed by atoms with Gasteiger partial charge in [-0.05, 0) is 6.42 Å². The molecule has 0 radical (unpaired) electrons. The number of aliphatic carboxylic acids is 1. The Balaban J connectivity index is 2.76. The van der Waals surface area contributed by atoms with Crippen LogP contribution in [-0.2, 0) is 26.9 Å². The van der Waals surface area contributed by atoms with Crippen LogP contribution in [0.2, 0.25) is 0 Å². The van der Waals surface area contributed by atoms with Crippen LogP contribution >= 0.6 is 0 Å². The highest BCUT2D eigenvalue weighted by Crippen LogP contribution is 2.08. The Morgan fingerprint density at radius 1 is 1.56 bits per heavy atom. The van der Waals surface area contributed by atoms with E-state index >= 15 is 0 Å². The number of carboxylic acid groups (broad SMARTS) is 1. The van der Waals surface area contributed by atoms with E-state index < -0.39 is 21.7 Å². The molecule has 0 aliphatic rings. The van der Waals surface area contributed by atoms with Gasteiger partial charge in [-0.1, -0.05) is 13.8 Å². The number of aromatic nitrogens is 3. The molecule has 0 aliphatic heterocycles. The minimum atomic E-state index is -3.49. The molecule has 18 heavy (non-hydrogen) atoms. The highest BCUT2D eigenvalue weighted by atomic mass is 32.2. The van der Waals surface area contributed by atoms with Crippen LogP contribution in [-0.4, -0.2) is 40.0 Å². The van der Waals surface area contributed by atoms with Crippen LogP contribution in [0.3, 0.4) is 0 Å². The topological polar surface area (TPSA) is 102 Å². The standard InChI is InChI=1S/C10H17N3O4S/c1-3-4-13-9(11-7-12-13)6-18(16,17)5-8(2)10(14)15/h7-8H,3-6H2,1-2H3,(H,14,15). The molecule has 1 heterocycles. The average Bonchev–Trinajstić information content (AvgIpc) is 2.64. The quantitative estimate of drug-likeness (QED) is 0.769. The predicted octanol–water partition coefficient (Wildman–Crippen LogP) is 0.324. The van der Waals surface area contributed by atoms with Crippen LogP contribution in [0.25, 0.3) is 0 Å². The summed E-state index contributed by atoms with van der Waals surface area (Å²) in [5.74, 6) is -2.34. The van der Waals surface area contributed by atoms with Crippen molar-refractivity contribution in [1.29, 1.82) is 0 Å². The molecule has 0 fully saturated rings. The summed E-state index contributed by atoms with van der Waals surface area (Å²) in [7, 11) is -3.49. The zero-order valence-electron chi connectivity index (χ0n) is 10.4. The number of nitrogens with zero attached hydrogens (tertiary/aromatic N) is 3. The summed E-state index contributed by atoms with van der Waals surface area (Å²) in [4.78, 5) is 14.5. The smallest absolute Gasteiger partial charge is 0.307 e. The zero-order valence-corrected chi connectivity index (χ0v) is 11.2. The fraction of sp³-hybridized carbons (Fsp3) is 0.700. The highest BCUT2D eigenvalue weighted by molar-refractivity contribution is 7.90. The molecule has 0 spiro atoms. The van der Waals surface area contributed by atoms with E-state index in [0.29, 0.717) is 12.4 Å². The molecule has 1 aromatic heterocycles. The van der Waals surface area contributed by atoms with Gasteiger partial charge in [0.2, 0.25) is 0 Å². The molecule has 102 valence electrons.